The van der Waals surface area contributed by atoms with Gasteiger partial charge < -0.3 is 5.32 Å². The van der Waals surface area contributed by atoms with E-state index in [1.165, 1.54) is 0 Å². The molecule has 11 heavy (non-hydrogen) atoms. The molecule has 0 spiro atoms. The van der Waals surface area contributed by atoms with Crippen molar-refractivity contribution in [2.24, 2.45) is 0 Å². The highest BCUT2D eigenvalue weighted by molar-refractivity contribution is 7.80. The van der Waals surface area contributed by atoms with Gasteiger partial charge in [0.15, 0.2) is 0 Å². The molecular weight excluding hydrogens is 154 g/mol. The lowest BCUT2D eigenvalue weighted by Gasteiger charge is -2.04. The summed E-state index contributed by atoms with van der Waals surface area (Å²) in [5, 5.41) is 3.04. The van der Waals surface area contributed by atoms with E-state index in [0.29, 0.717) is 0 Å². The minimum atomic E-state index is 0.936. The van der Waals surface area contributed by atoms with Crippen LogP contribution in [0.3, 0.4) is 0 Å². The second-order valence-corrected chi connectivity index (χ2v) is 2.55. The van der Waals surface area contributed by atoms with Gasteiger partial charge in [0, 0.05) is 10.6 Å². The summed E-state index contributed by atoms with van der Waals surface area (Å²) in [4.78, 5) is 0.936. The van der Waals surface area contributed by atoms with Gasteiger partial charge in [-0.3, -0.25) is 0 Å². The van der Waals surface area contributed by atoms with E-state index in [1.807, 2.05) is 24.3 Å². The quantitative estimate of drug-likeness (QED) is 0.654. The maximum absolute atomic E-state index is 4.25. The molecule has 1 aromatic carbocycles. The number of benzene rings is 1. The lowest BCUT2D eigenvalue weighted by atomic mass is 10.3. The van der Waals surface area contributed by atoms with Crippen LogP contribution >= 0.6 is 12.6 Å². The third kappa shape index (κ3) is 2.31. The predicted molar refractivity (Wildman–Crippen MR) is 51.8 cm³/mol. The average molecular weight is 164 g/mol. The molecule has 0 heterocycles. The number of rotatable bonds is 3. The fourth-order valence-corrected chi connectivity index (χ4v) is 0.970. The molecule has 0 aromatic heterocycles. The highest BCUT2D eigenvalue weighted by Gasteiger charge is 1.92. The lowest BCUT2D eigenvalue weighted by molar-refractivity contribution is 1.39. The molecule has 1 nitrogen and oxygen atoms in total. The molecule has 0 saturated carbocycles. The summed E-state index contributed by atoms with van der Waals surface area (Å²) in [6.45, 7) is 5.34. The van der Waals surface area contributed by atoms with Crippen molar-refractivity contribution >= 4 is 18.3 Å². The third-order valence-electron chi connectivity index (χ3n) is 1.26. The Kier molecular flexibility index (Phi) is 3.05. The molecule has 1 radical (unpaired) electrons. The first-order valence-electron chi connectivity index (χ1n) is 3.33. The van der Waals surface area contributed by atoms with Gasteiger partial charge in [0.1, 0.15) is 0 Å². The minimum Gasteiger partial charge on any atom is -0.376 e. The van der Waals surface area contributed by atoms with Gasteiger partial charge in [-0.2, -0.15) is 0 Å². The Balaban J connectivity index is 2.69. The largest absolute Gasteiger partial charge is 0.376 e. The van der Waals surface area contributed by atoms with E-state index < -0.39 is 0 Å². The van der Waals surface area contributed by atoms with Crippen molar-refractivity contribution in [1.82, 2.24) is 0 Å². The summed E-state index contributed by atoms with van der Waals surface area (Å²) >= 11 is 4.25. The van der Waals surface area contributed by atoms with Crippen LogP contribution in [0.5, 0.6) is 0 Å². The molecule has 0 unspecified atom stereocenters. The maximum atomic E-state index is 4.25. The third-order valence-corrected chi connectivity index (χ3v) is 1.65. The molecule has 0 aliphatic carbocycles. The van der Waals surface area contributed by atoms with Crippen molar-refractivity contribution in [3.8, 4) is 0 Å². The van der Waals surface area contributed by atoms with Gasteiger partial charge >= 0.3 is 0 Å². The molecular formula is C9H10NS. The average Bonchev–Trinajstić information content (AvgIpc) is 2.03. The number of nitrogens with one attached hydrogen (secondary N) is 1. The van der Waals surface area contributed by atoms with Gasteiger partial charge in [-0.05, 0) is 12.1 Å². The normalized spacial score (nSPS) is 9.18. The van der Waals surface area contributed by atoms with Gasteiger partial charge in [0.25, 0.3) is 0 Å². The number of thiol groups is 1. The molecule has 1 rings (SSSR count). The number of hydrogen-bond donors (Lipinski definition) is 2. The standard InChI is InChI=1S/C9H10NS/c1-2-7-10-8-5-3-4-6-9(8)11/h2-7,10-11H,1H2. The SMILES string of the molecule is C=C[CH]Nc1ccccc1S. The number of hydrogen-bond acceptors (Lipinski definition) is 2. The van der Waals surface area contributed by atoms with Crippen LogP contribution in [0.2, 0.25) is 0 Å². The van der Waals surface area contributed by atoms with E-state index in [0.717, 1.165) is 10.6 Å². The zero-order valence-corrected chi connectivity index (χ0v) is 7.01. The molecule has 57 valence electrons. The molecule has 0 atom stereocenters. The van der Waals surface area contributed by atoms with Crippen molar-refractivity contribution in [3.63, 3.8) is 0 Å². The first-order chi connectivity index (χ1) is 5.34. The van der Waals surface area contributed by atoms with Crippen LogP contribution in [-0.4, -0.2) is 0 Å². The zero-order valence-electron chi connectivity index (χ0n) is 6.12. The van der Waals surface area contributed by atoms with Crippen LogP contribution in [0.15, 0.2) is 41.8 Å². The molecule has 1 N–H and O–H groups in total. The Labute approximate surface area is 72.5 Å². The van der Waals surface area contributed by atoms with Crippen molar-refractivity contribution in [2.75, 3.05) is 5.32 Å². The highest BCUT2D eigenvalue weighted by Crippen LogP contribution is 2.18. The Hall–Kier alpha value is -0.890. The van der Waals surface area contributed by atoms with Crippen LogP contribution in [0.1, 0.15) is 0 Å². The van der Waals surface area contributed by atoms with E-state index in [1.54, 1.807) is 12.6 Å². The summed E-state index contributed by atoms with van der Waals surface area (Å²) in [5.41, 5.74) is 0.996. The van der Waals surface area contributed by atoms with Crippen molar-refractivity contribution in [1.29, 1.82) is 0 Å². The second-order valence-electron chi connectivity index (χ2n) is 2.06. The Bertz CT molecular complexity index is 245. The molecule has 0 saturated heterocycles. The summed E-state index contributed by atoms with van der Waals surface area (Å²) in [6.07, 6.45) is 1.69. The Morgan fingerprint density at radius 1 is 1.36 bits per heavy atom. The molecule has 0 aliphatic heterocycles. The fourth-order valence-electron chi connectivity index (χ4n) is 0.744. The van der Waals surface area contributed by atoms with Crippen molar-refractivity contribution < 1.29 is 0 Å². The van der Waals surface area contributed by atoms with Gasteiger partial charge in [-0.15, -0.1) is 19.2 Å². The van der Waals surface area contributed by atoms with E-state index in [4.69, 9.17) is 0 Å². The van der Waals surface area contributed by atoms with Crippen LogP contribution in [-0.2, 0) is 0 Å². The summed E-state index contributed by atoms with van der Waals surface area (Å²) in [6, 6.07) is 7.80. The van der Waals surface area contributed by atoms with Crippen LogP contribution in [0.4, 0.5) is 5.69 Å². The first-order valence-corrected chi connectivity index (χ1v) is 3.78. The van der Waals surface area contributed by atoms with E-state index >= 15 is 0 Å². The van der Waals surface area contributed by atoms with Gasteiger partial charge in [-0.25, -0.2) is 0 Å². The molecule has 0 fully saturated rings. The topological polar surface area (TPSA) is 12.0 Å². The first kappa shape index (κ1) is 8.21. The summed E-state index contributed by atoms with van der Waals surface area (Å²) < 4.78 is 0. The lowest BCUT2D eigenvalue weighted by Crippen LogP contribution is -1.91. The van der Waals surface area contributed by atoms with Crippen LogP contribution in [0.25, 0.3) is 0 Å². The van der Waals surface area contributed by atoms with Gasteiger partial charge in [0.2, 0.25) is 0 Å². The molecule has 0 bridgehead atoms. The van der Waals surface area contributed by atoms with Crippen LogP contribution < -0.4 is 5.32 Å². The Morgan fingerprint density at radius 3 is 2.73 bits per heavy atom. The monoisotopic (exact) mass is 164 g/mol. The molecule has 0 amide bonds. The summed E-state index contributed by atoms with van der Waals surface area (Å²) in [5.74, 6) is 0. The second kappa shape index (κ2) is 4.09. The fraction of sp³-hybridized carbons (Fsp3) is 0. The predicted octanol–water partition coefficient (Wildman–Crippen LogP) is 2.73. The highest BCUT2D eigenvalue weighted by atomic mass is 32.1. The van der Waals surface area contributed by atoms with Crippen LogP contribution in [0, 0.1) is 6.54 Å². The number of para-hydroxylation sites is 1. The van der Waals surface area contributed by atoms with E-state index in [-0.39, 0.29) is 0 Å². The molecule has 2 heteroatoms. The van der Waals surface area contributed by atoms with Gasteiger partial charge in [-0.1, -0.05) is 18.2 Å². The van der Waals surface area contributed by atoms with Gasteiger partial charge in [0.05, 0.1) is 6.54 Å². The summed E-state index contributed by atoms with van der Waals surface area (Å²) in [7, 11) is 0. The van der Waals surface area contributed by atoms with Crippen molar-refractivity contribution in [3.05, 3.63) is 43.5 Å². The van der Waals surface area contributed by atoms with Crippen molar-refractivity contribution in [2.45, 2.75) is 4.90 Å². The van der Waals surface area contributed by atoms with E-state index in [9.17, 15) is 0 Å². The number of anilines is 1. The maximum Gasteiger partial charge on any atom is 0.0679 e. The Morgan fingerprint density at radius 2 is 2.09 bits per heavy atom. The molecule has 1 aromatic rings. The van der Waals surface area contributed by atoms with E-state index in [2.05, 4.69) is 24.5 Å². The smallest absolute Gasteiger partial charge is 0.0679 e. The molecule has 0 aliphatic rings. The zero-order chi connectivity index (χ0) is 8.10. The minimum absolute atomic E-state index is 0.936.